The van der Waals surface area contributed by atoms with Crippen LogP contribution in [0, 0.1) is 0 Å². The molecular formula is C15H27N7O3. The molecule has 3 aliphatic rings. The van der Waals surface area contributed by atoms with Crippen molar-refractivity contribution in [3.8, 4) is 0 Å². The molecule has 0 aliphatic carbocycles. The van der Waals surface area contributed by atoms with E-state index in [2.05, 4.69) is 32.2 Å². The SMILES string of the molecule is O=C(NN(NC(=O)[C@@H]1CCCN1)NC(=O)[C@@H]1CCCN1)[C@@H]1CCCN1. The second-order valence-corrected chi connectivity index (χ2v) is 6.71. The van der Waals surface area contributed by atoms with Gasteiger partial charge < -0.3 is 16.0 Å². The van der Waals surface area contributed by atoms with E-state index in [1.165, 1.54) is 0 Å². The lowest BCUT2D eigenvalue weighted by molar-refractivity contribution is -0.145. The van der Waals surface area contributed by atoms with E-state index < -0.39 is 0 Å². The van der Waals surface area contributed by atoms with Gasteiger partial charge in [0, 0.05) is 0 Å². The molecule has 0 spiro atoms. The molecule has 3 fully saturated rings. The van der Waals surface area contributed by atoms with Crippen molar-refractivity contribution in [1.29, 1.82) is 0 Å². The maximum Gasteiger partial charge on any atom is 0.254 e. The summed E-state index contributed by atoms with van der Waals surface area (Å²) in [4.78, 5) is 36.9. The first-order valence-electron chi connectivity index (χ1n) is 9.05. The van der Waals surface area contributed by atoms with E-state index in [1.54, 1.807) is 0 Å². The van der Waals surface area contributed by atoms with Crippen molar-refractivity contribution in [2.75, 3.05) is 19.6 Å². The van der Waals surface area contributed by atoms with Crippen LogP contribution in [0.3, 0.4) is 0 Å². The van der Waals surface area contributed by atoms with Crippen molar-refractivity contribution in [3.63, 3.8) is 0 Å². The standard InChI is InChI=1S/C15H27N7O3/c23-13(10-4-1-7-16-10)19-22(20-14(24)11-5-2-8-17-11)21-15(25)12-6-3-9-18-12/h10-12,16-18H,1-9H2,(H,19,23)(H,20,24)(H,21,25)/t10-,11-,12-/m0/s1. The highest BCUT2D eigenvalue weighted by atomic mass is 16.2. The summed E-state index contributed by atoms with van der Waals surface area (Å²) in [6.07, 6.45) is 4.97. The van der Waals surface area contributed by atoms with Gasteiger partial charge in [0.2, 0.25) is 0 Å². The lowest BCUT2D eigenvalue weighted by Crippen LogP contribution is -2.66. The molecule has 0 aromatic heterocycles. The number of carbonyl (C=O) groups is 3. The average molecular weight is 353 g/mol. The first kappa shape index (κ1) is 18.1. The summed E-state index contributed by atoms with van der Waals surface area (Å²) in [6.45, 7) is 2.36. The van der Waals surface area contributed by atoms with Gasteiger partial charge in [-0.25, -0.2) is 0 Å². The average Bonchev–Trinajstić information content (AvgIpc) is 3.38. The quantitative estimate of drug-likeness (QED) is 0.295. The lowest BCUT2D eigenvalue weighted by atomic mass is 10.2. The lowest BCUT2D eigenvalue weighted by Gasteiger charge is -2.27. The van der Waals surface area contributed by atoms with E-state index in [0.717, 1.165) is 63.4 Å². The van der Waals surface area contributed by atoms with Crippen molar-refractivity contribution in [1.82, 2.24) is 37.5 Å². The van der Waals surface area contributed by atoms with Gasteiger partial charge in [-0.1, -0.05) is 0 Å². The van der Waals surface area contributed by atoms with Crippen LogP contribution in [-0.2, 0) is 14.4 Å². The summed E-state index contributed by atoms with van der Waals surface area (Å²) in [6, 6.07) is -0.943. The molecule has 0 aromatic carbocycles. The van der Waals surface area contributed by atoms with Gasteiger partial charge in [-0.3, -0.25) is 30.7 Å². The van der Waals surface area contributed by atoms with Crippen LogP contribution in [0.25, 0.3) is 0 Å². The Kier molecular flexibility index (Phi) is 6.19. The Morgan fingerprint density at radius 3 is 1.20 bits per heavy atom. The van der Waals surface area contributed by atoms with Gasteiger partial charge >= 0.3 is 0 Å². The smallest absolute Gasteiger partial charge is 0.254 e. The molecule has 0 radical (unpaired) electrons. The van der Waals surface area contributed by atoms with Crippen LogP contribution in [-0.4, -0.2) is 60.7 Å². The van der Waals surface area contributed by atoms with Gasteiger partial charge in [-0.2, -0.15) is 0 Å². The topological polar surface area (TPSA) is 127 Å². The van der Waals surface area contributed by atoms with E-state index in [-0.39, 0.29) is 35.8 Å². The molecule has 140 valence electrons. The summed E-state index contributed by atoms with van der Waals surface area (Å²) in [5, 5.41) is 10.3. The Bertz CT molecular complexity index is 426. The third-order valence-electron chi connectivity index (χ3n) is 4.80. The molecule has 0 saturated carbocycles. The van der Waals surface area contributed by atoms with Gasteiger partial charge in [0.25, 0.3) is 17.7 Å². The molecule has 3 atom stereocenters. The molecule has 0 aromatic rings. The van der Waals surface area contributed by atoms with E-state index in [9.17, 15) is 14.4 Å². The van der Waals surface area contributed by atoms with Crippen LogP contribution >= 0.6 is 0 Å². The summed E-state index contributed by atoms with van der Waals surface area (Å²) < 4.78 is 0. The molecule has 3 saturated heterocycles. The molecular weight excluding hydrogens is 326 g/mol. The van der Waals surface area contributed by atoms with E-state index >= 15 is 0 Å². The largest absolute Gasteiger partial charge is 0.306 e. The monoisotopic (exact) mass is 353 g/mol. The van der Waals surface area contributed by atoms with Gasteiger partial charge in [0.1, 0.15) is 0 Å². The first-order valence-corrected chi connectivity index (χ1v) is 9.05. The van der Waals surface area contributed by atoms with Crippen LogP contribution < -0.4 is 32.2 Å². The highest BCUT2D eigenvalue weighted by molar-refractivity contribution is 5.85. The minimum atomic E-state index is -0.314. The van der Waals surface area contributed by atoms with Crippen LogP contribution in [0.4, 0.5) is 0 Å². The second kappa shape index (κ2) is 8.56. The van der Waals surface area contributed by atoms with E-state index in [4.69, 9.17) is 0 Å². The zero-order chi connectivity index (χ0) is 17.6. The fourth-order valence-electron chi connectivity index (χ4n) is 3.37. The minimum Gasteiger partial charge on any atom is -0.306 e. The molecule has 25 heavy (non-hydrogen) atoms. The zero-order valence-corrected chi connectivity index (χ0v) is 14.3. The number of hydrogen-bond donors (Lipinski definition) is 6. The van der Waals surface area contributed by atoms with Crippen molar-refractivity contribution >= 4 is 17.7 Å². The molecule has 10 nitrogen and oxygen atoms in total. The zero-order valence-electron chi connectivity index (χ0n) is 14.3. The van der Waals surface area contributed by atoms with Crippen molar-refractivity contribution in [3.05, 3.63) is 0 Å². The van der Waals surface area contributed by atoms with E-state index in [1.807, 2.05) is 0 Å². The number of hydrazine groups is 3. The Labute approximate surface area is 146 Å². The Balaban J connectivity index is 1.58. The van der Waals surface area contributed by atoms with E-state index in [0.29, 0.717) is 0 Å². The maximum absolute atomic E-state index is 12.3. The Morgan fingerprint density at radius 1 is 0.640 bits per heavy atom. The predicted octanol–water partition coefficient (Wildman–Crippen LogP) is -2.36. The van der Waals surface area contributed by atoms with Gasteiger partial charge in [-0.05, 0) is 63.4 Å². The Hall–Kier alpha value is -1.75. The summed E-state index contributed by atoms with van der Waals surface area (Å²) >= 11 is 0. The molecule has 0 unspecified atom stereocenters. The maximum atomic E-state index is 12.3. The molecule has 0 bridgehead atoms. The third-order valence-corrected chi connectivity index (χ3v) is 4.80. The van der Waals surface area contributed by atoms with Crippen molar-refractivity contribution < 1.29 is 14.4 Å². The molecule has 3 aliphatic heterocycles. The third kappa shape index (κ3) is 4.88. The Morgan fingerprint density at radius 2 is 0.960 bits per heavy atom. The number of rotatable bonds is 6. The number of amides is 3. The van der Waals surface area contributed by atoms with Crippen LogP contribution in [0.15, 0.2) is 0 Å². The summed E-state index contributed by atoms with van der Waals surface area (Å²) in [5.41, 5.74) is 7.74. The fourth-order valence-corrected chi connectivity index (χ4v) is 3.37. The first-order chi connectivity index (χ1) is 12.1. The van der Waals surface area contributed by atoms with Crippen molar-refractivity contribution in [2.45, 2.75) is 56.7 Å². The number of hydrogen-bond acceptors (Lipinski definition) is 7. The highest BCUT2D eigenvalue weighted by Gasteiger charge is 2.30. The summed E-state index contributed by atoms with van der Waals surface area (Å²) in [5.74, 6) is -0.842. The minimum absolute atomic E-state index is 0.281. The van der Waals surface area contributed by atoms with Crippen molar-refractivity contribution in [2.24, 2.45) is 0 Å². The van der Waals surface area contributed by atoms with Gasteiger partial charge in [-0.15, -0.1) is 0 Å². The fraction of sp³-hybridized carbons (Fsp3) is 0.800. The normalized spacial score (nSPS) is 28.9. The second-order valence-electron chi connectivity index (χ2n) is 6.71. The van der Waals surface area contributed by atoms with Crippen LogP contribution in [0.1, 0.15) is 38.5 Å². The molecule has 3 heterocycles. The molecule has 10 heteroatoms. The summed E-state index contributed by atoms with van der Waals surface area (Å²) in [7, 11) is 0. The van der Waals surface area contributed by atoms with Gasteiger partial charge in [0.05, 0.1) is 18.1 Å². The van der Waals surface area contributed by atoms with Gasteiger partial charge in [0.15, 0.2) is 0 Å². The number of carbonyl (C=O) groups excluding carboxylic acids is 3. The predicted molar refractivity (Wildman–Crippen MR) is 89.3 cm³/mol. The molecule has 3 amide bonds. The van der Waals surface area contributed by atoms with Crippen LogP contribution in [0.5, 0.6) is 0 Å². The molecule has 6 N–H and O–H groups in total. The highest BCUT2D eigenvalue weighted by Crippen LogP contribution is 2.07. The molecule has 3 rings (SSSR count). The van der Waals surface area contributed by atoms with Crippen LogP contribution in [0.2, 0.25) is 0 Å². The number of nitrogens with one attached hydrogen (secondary N) is 6. The number of nitrogens with zero attached hydrogens (tertiary/aromatic N) is 1.